The fourth-order valence-electron chi connectivity index (χ4n) is 2.84. The van der Waals surface area contributed by atoms with Crippen LogP contribution < -0.4 is 0 Å². The molecule has 2 rings (SSSR count). The van der Waals surface area contributed by atoms with Crippen molar-refractivity contribution in [3.8, 4) is 0 Å². The Kier molecular flexibility index (Phi) is 6.11. The van der Waals surface area contributed by atoms with Gasteiger partial charge in [-0.05, 0) is 0 Å². The van der Waals surface area contributed by atoms with E-state index in [-0.39, 0.29) is 6.54 Å². The number of hydrogen-bond donors (Lipinski definition) is 0. The first-order chi connectivity index (χ1) is 12.1. The lowest BCUT2D eigenvalue weighted by Crippen LogP contribution is -2.62. The van der Waals surface area contributed by atoms with Gasteiger partial charge in [-0.1, -0.05) is 11.8 Å². The molecule has 0 saturated carbocycles. The van der Waals surface area contributed by atoms with E-state index in [1.54, 1.807) is 0 Å². The number of carbonyl (C=O) groups excluding carboxylic acids is 5. The van der Waals surface area contributed by atoms with Crippen LogP contribution >= 0.6 is 11.8 Å². The van der Waals surface area contributed by atoms with Crippen molar-refractivity contribution < 1.29 is 42.9 Å². The highest BCUT2D eigenvalue weighted by Crippen LogP contribution is 2.41. The third-order valence-corrected chi connectivity index (χ3v) is 4.94. The lowest BCUT2D eigenvalue weighted by molar-refractivity contribution is -0.198. The van der Waals surface area contributed by atoms with E-state index >= 15 is 0 Å². The number of amides is 1. The topological polar surface area (TPSA) is 126 Å². The highest BCUT2D eigenvalue weighted by Gasteiger charge is 2.57. The van der Waals surface area contributed by atoms with E-state index in [0.29, 0.717) is 0 Å². The summed E-state index contributed by atoms with van der Waals surface area (Å²) in [6.07, 6.45) is -3.22. The maximum atomic E-state index is 12.5. The van der Waals surface area contributed by atoms with Crippen LogP contribution in [0.2, 0.25) is 0 Å². The molecule has 2 fully saturated rings. The van der Waals surface area contributed by atoms with Crippen molar-refractivity contribution in [3.05, 3.63) is 0 Å². The van der Waals surface area contributed by atoms with Crippen LogP contribution in [0.15, 0.2) is 0 Å². The van der Waals surface area contributed by atoms with E-state index in [1.165, 1.54) is 11.8 Å². The highest BCUT2D eigenvalue weighted by molar-refractivity contribution is 8.01. The Balaban J connectivity index is 2.36. The Morgan fingerprint density at radius 3 is 1.85 bits per heavy atom. The third kappa shape index (κ3) is 4.45. The van der Waals surface area contributed by atoms with Gasteiger partial charge in [0.05, 0.1) is 6.54 Å². The second kappa shape index (κ2) is 7.94. The lowest BCUT2D eigenvalue weighted by atomic mass is 10.0. The molecule has 0 radical (unpaired) electrons. The van der Waals surface area contributed by atoms with Crippen LogP contribution in [-0.4, -0.2) is 70.4 Å². The molecule has 0 aromatic rings. The summed E-state index contributed by atoms with van der Waals surface area (Å²) < 4.78 is 20.6. The van der Waals surface area contributed by atoms with Crippen LogP contribution in [0.25, 0.3) is 0 Å². The van der Waals surface area contributed by atoms with Crippen LogP contribution in [0, 0.1) is 0 Å². The average molecular weight is 389 g/mol. The van der Waals surface area contributed by atoms with Crippen LogP contribution in [0.5, 0.6) is 0 Å². The van der Waals surface area contributed by atoms with E-state index in [2.05, 4.69) is 0 Å². The molecule has 144 valence electrons. The lowest BCUT2D eigenvalue weighted by Gasteiger charge is -2.43. The summed E-state index contributed by atoms with van der Waals surface area (Å²) in [5.41, 5.74) is -1.12. The zero-order chi connectivity index (χ0) is 19.6. The molecule has 0 unspecified atom stereocenters. The number of esters is 4. The van der Waals surface area contributed by atoms with Crippen molar-refractivity contribution in [3.63, 3.8) is 0 Å². The molecule has 2 heterocycles. The first-order valence-electron chi connectivity index (χ1n) is 7.75. The predicted molar refractivity (Wildman–Crippen MR) is 85.3 cm³/mol. The summed E-state index contributed by atoms with van der Waals surface area (Å²) in [6.45, 7) is 4.56. The monoisotopic (exact) mass is 389 g/mol. The van der Waals surface area contributed by atoms with Gasteiger partial charge in [0.15, 0.2) is 18.3 Å². The molecule has 26 heavy (non-hydrogen) atoms. The largest absolute Gasteiger partial charge is 0.457 e. The van der Waals surface area contributed by atoms with Gasteiger partial charge in [0.25, 0.3) is 5.91 Å². The molecule has 0 aromatic carbocycles. The van der Waals surface area contributed by atoms with Crippen LogP contribution in [-0.2, 0) is 42.9 Å². The second-order valence-corrected chi connectivity index (χ2v) is 6.94. The SMILES string of the molecule is CC(=O)O[C@@H]1[C@H](OC(C)=O)[C@H](OC(C)=O)CN2C(=O)[C@H](OC(C)=O)S[C@@H]12. The standard InChI is InChI=1S/C15H19NO9S/c1-6(17)22-10-5-16-13(21)15(25-9(4)20)26-14(16)12(24-8(3)19)11(10)23-7(2)18/h10-12,14-15H,5H2,1-4H3/t10-,11-,12-,14+,15-/m1/s1. The highest BCUT2D eigenvalue weighted by atomic mass is 32.2. The van der Waals surface area contributed by atoms with Gasteiger partial charge in [0.2, 0.25) is 5.44 Å². The van der Waals surface area contributed by atoms with Crippen LogP contribution in [0.1, 0.15) is 27.7 Å². The van der Waals surface area contributed by atoms with Crippen molar-refractivity contribution >= 4 is 41.5 Å². The molecule has 0 N–H and O–H groups in total. The minimum Gasteiger partial charge on any atom is -0.457 e. The first-order valence-corrected chi connectivity index (χ1v) is 8.69. The minimum atomic E-state index is -1.12. The molecule has 1 amide bonds. The third-order valence-electron chi connectivity index (χ3n) is 3.60. The molecule has 0 bridgehead atoms. The van der Waals surface area contributed by atoms with E-state index in [0.717, 1.165) is 32.5 Å². The molecule has 2 saturated heterocycles. The maximum Gasteiger partial charge on any atom is 0.304 e. The molecule has 0 aromatic heterocycles. The number of carbonyl (C=O) groups is 5. The van der Waals surface area contributed by atoms with Gasteiger partial charge in [-0.3, -0.25) is 24.0 Å². The van der Waals surface area contributed by atoms with Crippen LogP contribution in [0.4, 0.5) is 0 Å². The molecule has 0 aliphatic carbocycles. The number of rotatable bonds is 4. The number of thioether (sulfide) groups is 1. The van der Waals surface area contributed by atoms with Gasteiger partial charge in [-0.15, -0.1) is 0 Å². The van der Waals surface area contributed by atoms with E-state index < -0.39 is 58.9 Å². The summed E-state index contributed by atoms with van der Waals surface area (Å²) in [5, 5.41) is -0.757. The fourth-order valence-corrected chi connectivity index (χ4v) is 4.24. The van der Waals surface area contributed by atoms with Crippen molar-refractivity contribution in [1.82, 2.24) is 4.90 Å². The predicted octanol–water partition coefficient (Wildman–Crippen LogP) is -0.414. The van der Waals surface area contributed by atoms with Gasteiger partial charge >= 0.3 is 23.9 Å². The number of piperidine rings is 1. The molecule has 5 atom stereocenters. The van der Waals surface area contributed by atoms with Crippen LogP contribution in [0.3, 0.4) is 0 Å². The Hall–Kier alpha value is -2.30. The molecule has 2 aliphatic heterocycles. The Morgan fingerprint density at radius 1 is 0.846 bits per heavy atom. The van der Waals surface area contributed by atoms with Gasteiger partial charge in [-0.25, -0.2) is 0 Å². The maximum absolute atomic E-state index is 12.5. The molecule has 11 heteroatoms. The molecule has 2 aliphatic rings. The quantitative estimate of drug-likeness (QED) is 0.462. The summed E-state index contributed by atoms with van der Waals surface area (Å²) in [5.74, 6) is -3.15. The summed E-state index contributed by atoms with van der Waals surface area (Å²) in [4.78, 5) is 59.4. The molecule has 0 spiro atoms. The smallest absolute Gasteiger partial charge is 0.304 e. The first kappa shape index (κ1) is 20.0. The van der Waals surface area contributed by atoms with Crippen molar-refractivity contribution in [2.24, 2.45) is 0 Å². The number of ether oxygens (including phenoxy) is 4. The van der Waals surface area contributed by atoms with E-state index in [9.17, 15) is 24.0 Å². The van der Waals surface area contributed by atoms with Crippen molar-refractivity contribution in [1.29, 1.82) is 0 Å². The van der Waals surface area contributed by atoms with Crippen molar-refractivity contribution in [2.45, 2.75) is 56.8 Å². The molecular formula is C15H19NO9S. The summed E-state index contributed by atoms with van der Waals surface area (Å²) in [6, 6.07) is 0. The van der Waals surface area contributed by atoms with Gasteiger partial charge in [0.1, 0.15) is 5.37 Å². The van der Waals surface area contributed by atoms with Gasteiger partial charge in [-0.2, -0.15) is 0 Å². The Bertz CT molecular complexity index is 637. The molecular weight excluding hydrogens is 370 g/mol. The zero-order valence-corrected chi connectivity index (χ0v) is 15.4. The number of hydrogen-bond acceptors (Lipinski definition) is 10. The van der Waals surface area contributed by atoms with E-state index in [1.807, 2.05) is 0 Å². The number of nitrogens with zero attached hydrogens (tertiary/aromatic N) is 1. The van der Waals surface area contributed by atoms with Crippen molar-refractivity contribution in [2.75, 3.05) is 6.54 Å². The molecule has 10 nitrogen and oxygen atoms in total. The fraction of sp³-hybridized carbons (Fsp3) is 0.667. The summed E-state index contributed by atoms with van der Waals surface area (Å²) >= 11 is 0.957. The Labute approximate surface area is 153 Å². The van der Waals surface area contributed by atoms with E-state index in [4.69, 9.17) is 18.9 Å². The zero-order valence-electron chi connectivity index (χ0n) is 14.6. The second-order valence-electron chi connectivity index (χ2n) is 5.75. The average Bonchev–Trinajstić information content (AvgIpc) is 2.77. The minimum absolute atomic E-state index is 0.0937. The van der Waals surface area contributed by atoms with Gasteiger partial charge in [0, 0.05) is 27.7 Å². The normalized spacial score (nSPS) is 30.2. The summed E-state index contributed by atoms with van der Waals surface area (Å²) in [7, 11) is 0. The Morgan fingerprint density at radius 2 is 1.35 bits per heavy atom. The van der Waals surface area contributed by atoms with Gasteiger partial charge < -0.3 is 23.8 Å². The number of fused-ring (bicyclic) bond motifs is 1.